The number of nitrogens with zero attached hydrogens (tertiary/aromatic N) is 1. The van der Waals surface area contributed by atoms with Gasteiger partial charge in [0, 0.05) is 31.4 Å². The van der Waals surface area contributed by atoms with Crippen LogP contribution in [0.25, 0.3) is 0 Å². The number of rotatable bonds is 8. The zero-order valence-corrected chi connectivity index (χ0v) is 21.3. The topological polar surface area (TPSA) is 61.4 Å². The van der Waals surface area contributed by atoms with Gasteiger partial charge < -0.3 is 15.5 Å². The molecule has 0 radical (unpaired) electrons. The molecule has 1 atom stereocenters. The van der Waals surface area contributed by atoms with E-state index in [1.807, 2.05) is 49.4 Å². The Kier molecular flexibility index (Phi) is 8.71. The van der Waals surface area contributed by atoms with Gasteiger partial charge in [-0.25, -0.2) is 0 Å². The van der Waals surface area contributed by atoms with Crippen molar-refractivity contribution in [2.24, 2.45) is 0 Å². The third-order valence-electron chi connectivity index (χ3n) is 6.96. The number of nitrogens with one attached hydrogen (secondary N) is 2. The molecule has 1 fully saturated rings. The number of alkyl halides is 3. The highest BCUT2D eigenvalue weighted by molar-refractivity contribution is 5.99. The summed E-state index contributed by atoms with van der Waals surface area (Å²) < 4.78 is 39.0. The first kappa shape index (κ1) is 27.2. The summed E-state index contributed by atoms with van der Waals surface area (Å²) in [5, 5.41) is 5.96. The molecule has 5 nitrogen and oxygen atoms in total. The van der Waals surface area contributed by atoms with E-state index in [1.165, 1.54) is 6.07 Å². The number of carbonyl (C=O) groups is 2. The molecule has 0 bridgehead atoms. The summed E-state index contributed by atoms with van der Waals surface area (Å²) in [5.41, 5.74) is 1.89. The van der Waals surface area contributed by atoms with Crippen LogP contribution in [0.2, 0.25) is 0 Å². The fraction of sp³-hybridized carbons (Fsp3) is 0.333. The number of para-hydroxylation sites is 1. The Morgan fingerprint density at radius 1 is 0.947 bits per heavy atom. The van der Waals surface area contributed by atoms with E-state index < -0.39 is 11.7 Å². The minimum absolute atomic E-state index is 0.00873. The Bertz CT molecular complexity index is 1240. The van der Waals surface area contributed by atoms with Gasteiger partial charge in [-0.2, -0.15) is 13.2 Å². The average Bonchev–Trinajstić information content (AvgIpc) is 2.93. The van der Waals surface area contributed by atoms with Crippen LogP contribution in [0.5, 0.6) is 0 Å². The van der Waals surface area contributed by atoms with E-state index in [-0.39, 0.29) is 30.3 Å². The van der Waals surface area contributed by atoms with E-state index in [0.717, 1.165) is 42.6 Å². The Morgan fingerprint density at radius 3 is 2.32 bits per heavy atom. The van der Waals surface area contributed by atoms with Crippen molar-refractivity contribution in [3.63, 3.8) is 0 Å². The average molecular weight is 524 g/mol. The van der Waals surface area contributed by atoms with Gasteiger partial charge in [-0.15, -0.1) is 0 Å². The van der Waals surface area contributed by atoms with E-state index in [1.54, 1.807) is 18.2 Å². The molecule has 0 aromatic heterocycles. The minimum Gasteiger partial charge on any atom is -0.371 e. The van der Waals surface area contributed by atoms with Crippen molar-refractivity contribution >= 4 is 17.5 Å². The second kappa shape index (κ2) is 12.2. The van der Waals surface area contributed by atoms with Crippen LogP contribution in [0.4, 0.5) is 18.9 Å². The van der Waals surface area contributed by atoms with Crippen molar-refractivity contribution in [2.75, 3.05) is 18.0 Å². The number of halogens is 3. The maximum atomic E-state index is 13.0. The van der Waals surface area contributed by atoms with Crippen LogP contribution < -0.4 is 15.5 Å². The molecular weight excluding hydrogens is 491 g/mol. The van der Waals surface area contributed by atoms with Crippen molar-refractivity contribution in [3.05, 3.63) is 101 Å². The van der Waals surface area contributed by atoms with Crippen molar-refractivity contribution < 1.29 is 22.8 Å². The van der Waals surface area contributed by atoms with E-state index in [4.69, 9.17) is 0 Å². The molecular formula is C30H32F3N3O2. The predicted molar refractivity (Wildman–Crippen MR) is 142 cm³/mol. The van der Waals surface area contributed by atoms with Crippen LogP contribution in [0.3, 0.4) is 0 Å². The van der Waals surface area contributed by atoms with Gasteiger partial charge in [-0.05, 0) is 54.7 Å². The van der Waals surface area contributed by atoms with Gasteiger partial charge in [-0.1, -0.05) is 61.5 Å². The van der Waals surface area contributed by atoms with E-state index in [9.17, 15) is 22.8 Å². The van der Waals surface area contributed by atoms with E-state index in [0.29, 0.717) is 24.2 Å². The smallest absolute Gasteiger partial charge is 0.371 e. The summed E-state index contributed by atoms with van der Waals surface area (Å²) in [6.45, 7) is 3.34. The zero-order valence-electron chi connectivity index (χ0n) is 21.3. The minimum atomic E-state index is -4.43. The lowest BCUT2D eigenvalue weighted by Crippen LogP contribution is -2.46. The number of anilines is 1. The van der Waals surface area contributed by atoms with Gasteiger partial charge >= 0.3 is 6.18 Å². The van der Waals surface area contributed by atoms with Crippen LogP contribution >= 0.6 is 0 Å². The summed E-state index contributed by atoms with van der Waals surface area (Å²) in [7, 11) is 0. The normalized spacial score (nSPS) is 15.1. The summed E-state index contributed by atoms with van der Waals surface area (Å²) in [6, 6.07) is 22.0. The number of carbonyl (C=O) groups excluding carboxylic acids is 2. The van der Waals surface area contributed by atoms with Gasteiger partial charge in [0.15, 0.2) is 0 Å². The SMILES string of the molecule is CCC(C(=O)NC1CCN(c2ccccc2C(=O)NCc2cccc(C(F)(F)F)c2)CC1)c1ccccc1. The van der Waals surface area contributed by atoms with Gasteiger partial charge in [0.05, 0.1) is 17.0 Å². The molecule has 3 aromatic carbocycles. The summed E-state index contributed by atoms with van der Waals surface area (Å²) in [6.07, 6.45) is -2.22. The molecule has 200 valence electrons. The number of benzene rings is 3. The maximum Gasteiger partial charge on any atom is 0.416 e. The van der Waals surface area contributed by atoms with Gasteiger partial charge in [0.2, 0.25) is 5.91 Å². The molecule has 1 aliphatic heterocycles. The molecule has 38 heavy (non-hydrogen) atoms. The van der Waals surface area contributed by atoms with Crippen LogP contribution in [0, 0.1) is 0 Å². The number of hydrogen-bond acceptors (Lipinski definition) is 3. The number of piperidine rings is 1. The van der Waals surface area contributed by atoms with Gasteiger partial charge in [-0.3, -0.25) is 9.59 Å². The molecule has 1 aliphatic rings. The maximum absolute atomic E-state index is 13.0. The van der Waals surface area contributed by atoms with Crippen molar-refractivity contribution in [1.82, 2.24) is 10.6 Å². The summed E-state index contributed by atoms with van der Waals surface area (Å²) >= 11 is 0. The third kappa shape index (κ3) is 6.73. The summed E-state index contributed by atoms with van der Waals surface area (Å²) in [5.74, 6) is -0.496. The molecule has 2 amide bonds. The summed E-state index contributed by atoms with van der Waals surface area (Å²) in [4.78, 5) is 28.1. The Balaban J connectivity index is 1.35. The Hall–Kier alpha value is -3.81. The second-order valence-electron chi connectivity index (χ2n) is 9.54. The molecule has 1 saturated heterocycles. The van der Waals surface area contributed by atoms with Gasteiger partial charge in [0.1, 0.15) is 0 Å². The van der Waals surface area contributed by atoms with E-state index >= 15 is 0 Å². The first-order valence-corrected chi connectivity index (χ1v) is 12.9. The lowest BCUT2D eigenvalue weighted by Gasteiger charge is -2.35. The molecule has 1 unspecified atom stereocenters. The first-order chi connectivity index (χ1) is 18.3. The molecule has 0 spiro atoms. The fourth-order valence-electron chi connectivity index (χ4n) is 4.90. The standard InChI is InChI=1S/C30H32F3N3O2/c1-2-25(22-10-4-3-5-11-22)29(38)35-24-15-17-36(18-16-24)27-14-7-6-13-26(27)28(37)34-20-21-9-8-12-23(19-21)30(31,32)33/h3-14,19,24-25H,2,15-18,20H2,1H3,(H,34,37)(H,35,38). The van der Waals surface area contributed by atoms with Crippen molar-refractivity contribution in [3.8, 4) is 0 Å². The predicted octanol–water partition coefficient (Wildman–Crippen LogP) is 5.91. The molecule has 1 heterocycles. The van der Waals surface area contributed by atoms with Crippen LogP contribution in [0.15, 0.2) is 78.9 Å². The highest BCUT2D eigenvalue weighted by atomic mass is 19.4. The Morgan fingerprint density at radius 2 is 1.63 bits per heavy atom. The monoisotopic (exact) mass is 523 g/mol. The fourth-order valence-corrected chi connectivity index (χ4v) is 4.90. The molecule has 8 heteroatoms. The van der Waals surface area contributed by atoms with Crippen LogP contribution in [0.1, 0.15) is 59.2 Å². The largest absolute Gasteiger partial charge is 0.416 e. The number of amides is 2. The zero-order chi connectivity index (χ0) is 27.1. The highest BCUT2D eigenvalue weighted by Crippen LogP contribution is 2.30. The van der Waals surface area contributed by atoms with Crippen LogP contribution in [-0.4, -0.2) is 30.9 Å². The quantitative estimate of drug-likeness (QED) is 0.386. The molecule has 0 aliphatic carbocycles. The number of hydrogen-bond donors (Lipinski definition) is 2. The second-order valence-corrected chi connectivity index (χ2v) is 9.54. The van der Waals surface area contributed by atoms with Crippen molar-refractivity contribution in [2.45, 2.75) is 50.9 Å². The lowest BCUT2D eigenvalue weighted by atomic mass is 9.94. The molecule has 3 aromatic rings. The highest BCUT2D eigenvalue weighted by Gasteiger charge is 2.30. The first-order valence-electron chi connectivity index (χ1n) is 12.9. The molecule has 4 rings (SSSR count). The van der Waals surface area contributed by atoms with Crippen LogP contribution in [-0.2, 0) is 17.5 Å². The van der Waals surface area contributed by atoms with Crippen molar-refractivity contribution in [1.29, 1.82) is 0 Å². The molecule has 2 N–H and O–H groups in total. The molecule has 0 saturated carbocycles. The third-order valence-corrected chi connectivity index (χ3v) is 6.96. The Labute approximate surface area is 221 Å². The van der Waals surface area contributed by atoms with E-state index in [2.05, 4.69) is 15.5 Å². The lowest BCUT2D eigenvalue weighted by molar-refractivity contribution is -0.137. The van der Waals surface area contributed by atoms with Gasteiger partial charge in [0.25, 0.3) is 5.91 Å².